The minimum Gasteiger partial charge on any atom is -0.494 e. The summed E-state index contributed by atoms with van der Waals surface area (Å²) in [5, 5.41) is 14.3. The molecule has 0 saturated carbocycles. The molecule has 0 fully saturated rings. The van der Waals surface area contributed by atoms with E-state index in [1.54, 1.807) is 24.3 Å². The van der Waals surface area contributed by atoms with Gasteiger partial charge >= 0.3 is 0 Å². The highest BCUT2D eigenvalue weighted by atomic mass is 35.5. The third kappa shape index (κ3) is 3.70. The molecule has 1 amide bonds. The van der Waals surface area contributed by atoms with Crippen molar-refractivity contribution in [1.82, 2.24) is 4.98 Å². The summed E-state index contributed by atoms with van der Waals surface area (Å²) in [7, 11) is 1.54. The topological polar surface area (TPSA) is 94.4 Å². The van der Waals surface area contributed by atoms with E-state index >= 15 is 0 Å². The number of non-ortho nitro benzene ring substituents is 1. The summed E-state index contributed by atoms with van der Waals surface area (Å²) in [5.41, 5.74) is 1.24. The van der Waals surface area contributed by atoms with Crippen molar-refractivity contribution in [2.75, 3.05) is 12.4 Å². The van der Waals surface area contributed by atoms with Gasteiger partial charge in [-0.25, -0.2) is 4.98 Å². The Morgan fingerprint density at radius 1 is 1.32 bits per heavy atom. The Morgan fingerprint density at radius 2 is 2.04 bits per heavy atom. The first-order valence-corrected chi connectivity index (χ1v) is 8.33. The van der Waals surface area contributed by atoms with Crippen LogP contribution < -0.4 is 10.1 Å². The van der Waals surface area contributed by atoms with Gasteiger partial charge in [-0.05, 0) is 17.7 Å². The second-order valence-corrected chi connectivity index (χ2v) is 6.50. The number of carbonyl (C=O) groups excluding carboxylic acids is 1. The first kappa shape index (κ1) is 17.1. The van der Waals surface area contributed by atoms with E-state index in [4.69, 9.17) is 16.3 Å². The molecule has 3 aromatic rings. The van der Waals surface area contributed by atoms with Crippen LogP contribution >= 0.6 is 22.9 Å². The van der Waals surface area contributed by atoms with Gasteiger partial charge in [0, 0.05) is 12.1 Å². The third-order valence-electron chi connectivity index (χ3n) is 3.44. The summed E-state index contributed by atoms with van der Waals surface area (Å²) in [6.07, 6.45) is 0.0821. The van der Waals surface area contributed by atoms with Crippen LogP contribution in [0.3, 0.4) is 0 Å². The summed E-state index contributed by atoms with van der Waals surface area (Å²) >= 11 is 7.41. The lowest BCUT2D eigenvalue weighted by atomic mass is 10.1. The number of halogens is 1. The van der Waals surface area contributed by atoms with Crippen molar-refractivity contribution in [2.45, 2.75) is 6.42 Å². The number of fused-ring (bicyclic) bond motifs is 1. The van der Waals surface area contributed by atoms with Gasteiger partial charge in [-0.2, -0.15) is 0 Å². The standard InChI is InChI=1S/C16H12ClN3O4S/c1-24-12-7-6-11(17)15-14(12)19-16(25-15)18-13(21)8-9-2-4-10(5-3-9)20(22)23/h2-7H,8H2,1H3,(H,18,19,21). The van der Waals surface area contributed by atoms with E-state index in [0.29, 0.717) is 27.0 Å². The Morgan fingerprint density at radius 3 is 2.68 bits per heavy atom. The molecule has 9 heteroatoms. The number of nitro groups is 1. The lowest BCUT2D eigenvalue weighted by Crippen LogP contribution is -2.14. The molecule has 1 heterocycles. The van der Waals surface area contributed by atoms with Gasteiger partial charge in [-0.15, -0.1) is 0 Å². The van der Waals surface area contributed by atoms with Gasteiger partial charge < -0.3 is 10.1 Å². The van der Waals surface area contributed by atoms with Crippen LogP contribution in [-0.2, 0) is 11.2 Å². The number of rotatable bonds is 5. The highest BCUT2D eigenvalue weighted by Crippen LogP contribution is 2.37. The molecule has 0 radical (unpaired) electrons. The fourth-order valence-electron chi connectivity index (χ4n) is 2.26. The molecule has 128 valence electrons. The van der Waals surface area contributed by atoms with E-state index in [1.807, 2.05) is 0 Å². The maximum Gasteiger partial charge on any atom is 0.269 e. The molecule has 0 aliphatic carbocycles. The number of carbonyl (C=O) groups is 1. The van der Waals surface area contributed by atoms with Crippen LogP contribution in [-0.4, -0.2) is 22.9 Å². The van der Waals surface area contributed by atoms with E-state index in [0.717, 1.165) is 4.70 Å². The number of nitrogens with zero attached hydrogens (tertiary/aromatic N) is 2. The summed E-state index contributed by atoms with van der Waals surface area (Å²) in [6, 6.07) is 9.26. The van der Waals surface area contributed by atoms with Gasteiger partial charge in [0.15, 0.2) is 5.13 Å². The fraction of sp³-hybridized carbons (Fsp3) is 0.125. The second kappa shape index (κ2) is 7.04. The van der Waals surface area contributed by atoms with Crippen LogP contribution in [0.1, 0.15) is 5.56 Å². The van der Waals surface area contributed by atoms with E-state index < -0.39 is 4.92 Å². The minimum absolute atomic E-state index is 0.0166. The quantitative estimate of drug-likeness (QED) is 0.534. The number of thiazole rings is 1. The monoisotopic (exact) mass is 377 g/mol. The Kier molecular flexibility index (Phi) is 4.82. The number of nitro benzene ring substituents is 1. The summed E-state index contributed by atoms with van der Waals surface area (Å²) in [6.45, 7) is 0. The zero-order valence-electron chi connectivity index (χ0n) is 13.0. The molecule has 1 aromatic heterocycles. The van der Waals surface area contributed by atoms with Crippen LogP contribution in [0.25, 0.3) is 10.2 Å². The number of benzene rings is 2. The zero-order chi connectivity index (χ0) is 18.0. The van der Waals surface area contributed by atoms with Crippen molar-refractivity contribution >= 4 is 49.9 Å². The van der Waals surface area contributed by atoms with E-state index in [9.17, 15) is 14.9 Å². The number of aromatic nitrogens is 1. The molecule has 0 aliphatic heterocycles. The van der Waals surface area contributed by atoms with Gasteiger partial charge in [-0.1, -0.05) is 35.1 Å². The predicted molar refractivity (Wildman–Crippen MR) is 96.6 cm³/mol. The number of methoxy groups -OCH3 is 1. The van der Waals surface area contributed by atoms with E-state index in [1.165, 1.54) is 30.6 Å². The predicted octanol–water partition coefficient (Wildman–Crippen LogP) is 4.05. The van der Waals surface area contributed by atoms with E-state index in [2.05, 4.69) is 10.3 Å². The van der Waals surface area contributed by atoms with Gasteiger partial charge in [0.05, 0.1) is 28.2 Å². The molecule has 0 aliphatic rings. The average Bonchev–Trinajstić information content (AvgIpc) is 3.00. The number of anilines is 1. The highest BCUT2D eigenvalue weighted by molar-refractivity contribution is 7.23. The van der Waals surface area contributed by atoms with Crippen molar-refractivity contribution in [3.8, 4) is 5.75 Å². The number of amides is 1. The first-order chi connectivity index (χ1) is 12.0. The minimum atomic E-state index is -0.484. The summed E-state index contributed by atoms with van der Waals surface area (Å²) in [4.78, 5) is 26.7. The SMILES string of the molecule is COc1ccc(Cl)c2sc(NC(=O)Cc3ccc([N+](=O)[O-])cc3)nc12. The molecule has 3 rings (SSSR count). The maximum absolute atomic E-state index is 12.2. The summed E-state index contributed by atoms with van der Waals surface area (Å²) in [5.74, 6) is 0.300. The van der Waals surface area contributed by atoms with Gasteiger partial charge in [0.2, 0.25) is 5.91 Å². The van der Waals surface area contributed by atoms with Crippen molar-refractivity contribution in [3.05, 3.63) is 57.1 Å². The molecule has 0 bridgehead atoms. The molecule has 25 heavy (non-hydrogen) atoms. The van der Waals surface area contributed by atoms with Gasteiger partial charge in [-0.3, -0.25) is 14.9 Å². The van der Waals surface area contributed by atoms with Crippen LogP contribution in [0.15, 0.2) is 36.4 Å². The van der Waals surface area contributed by atoms with Crippen LogP contribution in [0.2, 0.25) is 5.02 Å². The lowest BCUT2D eigenvalue weighted by Gasteiger charge is -2.02. The lowest BCUT2D eigenvalue weighted by molar-refractivity contribution is -0.384. The Hall–Kier alpha value is -2.71. The second-order valence-electron chi connectivity index (χ2n) is 5.09. The van der Waals surface area contributed by atoms with Crippen LogP contribution in [0, 0.1) is 10.1 Å². The molecular formula is C16H12ClN3O4S. The normalized spacial score (nSPS) is 10.6. The number of hydrogen-bond donors (Lipinski definition) is 1. The van der Waals surface area contributed by atoms with E-state index in [-0.39, 0.29) is 18.0 Å². The Bertz CT molecular complexity index is 956. The Balaban J connectivity index is 1.75. The molecule has 2 aromatic carbocycles. The highest BCUT2D eigenvalue weighted by Gasteiger charge is 2.14. The average molecular weight is 378 g/mol. The maximum atomic E-state index is 12.2. The number of nitrogens with one attached hydrogen (secondary N) is 1. The van der Waals surface area contributed by atoms with Crippen molar-refractivity contribution in [1.29, 1.82) is 0 Å². The fourth-order valence-corrected chi connectivity index (χ4v) is 3.43. The van der Waals surface area contributed by atoms with Crippen LogP contribution in [0.4, 0.5) is 10.8 Å². The molecule has 0 unspecified atom stereocenters. The Labute approximate surface area is 151 Å². The van der Waals surface area contributed by atoms with Crippen molar-refractivity contribution in [2.24, 2.45) is 0 Å². The summed E-state index contributed by atoms with van der Waals surface area (Å²) < 4.78 is 5.97. The van der Waals surface area contributed by atoms with Gasteiger partial charge in [0.25, 0.3) is 5.69 Å². The molecular weight excluding hydrogens is 366 g/mol. The third-order valence-corrected chi connectivity index (χ3v) is 4.87. The molecule has 0 saturated heterocycles. The smallest absolute Gasteiger partial charge is 0.269 e. The first-order valence-electron chi connectivity index (χ1n) is 7.14. The molecule has 0 spiro atoms. The van der Waals surface area contributed by atoms with Crippen LogP contribution in [0.5, 0.6) is 5.75 Å². The number of hydrogen-bond acceptors (Lipinski definition) is 6. The number of ether oxygens (including phenoxy) is 1. The molecule has 7 nitrogen and oxygen atoms in total. The molecule has 0 atom stereocenters. The largest absolute Gasteiger partial charge is 0.494 e. The van der Waals surface area contributed by atoms with Crippen molar-refractivity contribution < 1.29 is 14.5 Å². The van der Waals surface area contributed by atoms with Gasteiger partial charge in [0.1, 0.15) is 11.3 Å². The zero-order valence-corrected chi connectivity index (χ0v) is 14.6. The van der Waals surface area contributed by atoms with Crippen molar-refractivity contribution in [3.63, 3.8) is 0 Å². The molecule has 1 N–H and O–H groups in total.